The highest BCUT2D eigenvalue weighted by atomic mass is 15.2. The van der Waals surface area contributed by atoms with Gasteiger partial charge in [-0.2, -0.15) is 0 Å². The summed E-state index contributed by atoms with van der Waals surface area (Å²) in [6.07, 6.45) is 6.93. The van der Waals surface area contributed by atoms with Crippen LogP contribution in [0.3, 0.4) is 0 Å². The Bertz CT molecular complexity index is 235. The summed E-state index contributed by atoms with van der Waals surface area (Å²) < 4.78 is 0. The Labute approximate surface area is 107 Å². The molecule has 0 bridgehead atoms. The van der Waals surface area contributed by atoms with Crippen LogP contribution in [0.5, 0.6) is 0 Å². The minimum atomic E-state index is 0.414. The molecule has 1 aliphatic heterocycles. The van der Waals surface area contributed by atoms with Gasteiger partial charge in [-0.1, -0.05) is 26.7 Å². The van der Waals surface area contributed by atoms with Crippen molar-refractivity contribution < 1.29 is 0 Å². The van der Waals surface area contributed by atoms with E-state index in [4.69, 9.17) is 5.73 Å². The van der Waals surface area contributed by atoms with Gasteiger partial charge in [0.05, 0.1) is 0 Å². The highest BCUT2D eigenvalue weighted by molar-refractivity contribution is 4.87. The van der Waals surface area contributed by atoms with Crippen molar-refractivity contribution in [3.63, 3.8) is 0 Å². The van der Waals surface area contributed by atoms with Crippen LogP contribution >= 0.6 is 0 Å². The Morgan fingerprint density at radius 1 is 1.18 bits per heavy atom. The van der Waals surface area contributed by atoms with Gasteiger partial charge in [-0.05, 0) is 43.9 Å². The van der Waals surface area contributed by atoms with Gasteiger partial charge in [0.25, 0.3) is 0 Å². The van der Waals surface area contributed by atoms with Crippen molar-refractivity contribution in [3.05, 3.63) is 0 Å². The van der Waals surface area contributed by atoms with Crippen molar-refractivity contribution in [1.29, 1.82) is 0 Å². The molecule has 1 heterocycles. The minimum absolute atomic E-state index is 0.414. The molecule has 2 nitrogen and oxygen atoms in total. The maximum Gasteiger partial charge on any atom is 0.0196 e. The first kappa shape index (κ1) is 13.4. The van der Waals surface area contributed by atoms with E-state index >= 15 is 0 Å². The van der Waals surface area contributed by atoms with E-state index in [0.29, 0.717) is 6.04 Å². The minimum Gasteiger partial charge on any atom is -0.326 e. The van der Waals surface area contributed by atoms with Crippen molar-refractivity contribution in [2.45, 2.75) is 65.0 Å². The third-order valence-corrected chi connectivity index (χ3v) is 5.17. The van der Waals surface area contributed by atoms with E-state index in [1.54, 1.807) is 0 Å². The maximum absolute atomic E-state index is 6.42. The molecule has 0 aromatic rings. The van der Waals surface area contributed by atoms with Crippen molar-refractivity contribution in [1.82, 2.24) is 4.90 Å². The number of likely N-dealkylation sites (tertiary alicyclic amines) is 1. The molecular formula is C15H30N2. The fourth-order valence-corrected chi connectivity index (χ4v) is 3.88. The van der Waals surface area contributed by atoms with Gasteiger partial charge in [0, 0.05) is 25.2 Å². The number of nitrogens with zero attached hydrogens (tertiary/aromatic N) is 1. The van der Waals surface area contributed by atoms with E-state index in [1.807, 2.05) is 0 Å². The number of rotatable bonds is 3. The van der Waals surface area contributed by atoms with Crippen LogP contribution in [-0.2, 0) is 0 Å². The molecule has 2 fully saturated rings. The molecule has 0 aromatic heterocycles. The Morgan fingerprint density at radius 2 is 1.82 bits per heavy atom. The van der Waals surface area contributed by atoms with Gasteiger partial charge in [0.1, 0.15) is 0 Å². The zero-order valence-corrected chi connectivity index (χ0v) is 11.9. The molecule has 0 spiro atoms. The Balaban J connectivity index is 1.87. The van der Waals surface area contributed by atoms with Gasteiger partial charge < -0.3 is 5.73 Å². The van der Waals surface area contributed by atoms with Crippen molar-refractivity contribution >= 4 is 0 Å². The lowest BCUT2D eigenvalue weighted by Crippen LogP contribution is -2.51. The van der Waals surface area contributed by atoms with E-state index in [9.17, 15) is 0 Å². The number of piperidine rings is 1. The lowest BCUT2D eigenvalue weighted by atomic mass is 9.85. The molecule has 1 saturated heterocycles. The van der Waals surface area contributed by atoms with Crippen LogP contribution < -0.4 is 5.73 Å². The van der Waals surface area contributed by atoms with Crippen LogP contribution in [-0.4, -0.2) is 30.1 Å². The standard InChI is InChI=1S/C15H30N2/c1-11-8-12(2)13(3)17(9-11)10-15(16)14-6-4-5-7-14/h11-15H,4-10,16H2,1-3H3. The second-order valence-corrected chi connectivity index (χ2v) is 6.72. The van der Waals surface area contributed by atoms with Crippen LogP contribution in [0, 0.1) is 17.8 Å². The van der Waals surface area contributed by atoms with Gasteiger partial charge in [-0.3, -0.25) is 4.90 Å². The third kappa shape index (κ3) is 3.23. The van der Waals surface area contributed by atoms with Gasteiger partial charge in [-0.15, -0.1) is 0 Å². The molecule has 2 N–H and O–H groups in total. The smallest absolute Gasteiger partial charge is 0.0196 e. The first-order valence-corrected chi connectivity index (χ1v) is 7.57. The largest absolute Gasteiger partial charge is 0.326 e. The molecule has 0 amide bonds. The average molecular weight is 238 g/mol. The zero-order valence-electron chi connectivity index (χ0n) is 11.9. The van der Waals surface area contributed by atoms with Crippen molar-refractivity contribution in [2.75, 3.05) is 13.1 Å². The lowest BCUT2D eigenvalue weighted by molar-refractivity contribution is 0.0682. The van der Waals surface area contributed by atoms with E-state index in [-0.39, 0.29) is 0 Å². The van der Waals surface area contributed by atoms with Crippen LogP contribution in [0.25, 0.3) is 0 Å². The van der Waals surface area contributed by atoms with Crippen LogP contribution in [0.15, 0.2) is 0 Å². The number of hydrogen-bond donors (Lipinski definition) is 1. The summed E-state index contributed by atoms with van der Waals surface area (Å²) in [5.74, 6) is 2.47. The first-order chi connectivity index (χ1) is 8.08. The Kier molecular flexibility index (Phi) is 4.48. The van der Waals surface area contributed by atoms with Gasteiger partial charge in [-0.25, -0.2) is 0 Å². The summed E-state index contributed by atoms with van der Waals surface area (Å²) in [4.78, 5) is 2.65. The second kappa shape index (κ2) is 5.71. The Hall–Kier alpha value is -0.0800. The van der Waals surface area contributed by atoms with Crippen LogP contribution in [0.2, 0.25) is 0 Å². The van der Waals surface area contributed by atoms with Crippen LogP contribution in [0.1, 0.15) is 52.9 Å². The molecule has 0 aromatic carbocycles. The van der Waals surface area contributed by atoms with E-state index in [1.165, 1.54) is 38.6 Å². The SMILES string of the molecule is CC1CC(C)C(C)N(CC(N)C2CCCC2)C1. The van der Waals surface area contributed by atoms with Gasteiger partial charge in [0.15, 0.2) is 0 Å². The highest BCUT2D eigenvalue weighted by Gasteiger charge is 2.31. The summed E-state index contributed by atoms with van der Waals surface area (Å²) in [7, 11) is 0. The van der Waals surface area contributed by atoms with Crippen molar-refractivity contribution in [3.8, 4) is 0 Å². The quantitative estimate of drug-likeness (QED) is 0.819. The summed E-state index contributed by atoms with van der Waals surface area (Å²) >= 11 is 0. The summed E-state index contributed by atoms with van der Waals surface area (Å²) in [6, 6.07) is 1.14. The van der Waals surface area contributed by atoms with Gasteiger partial charge >= 0.3 is 0 Å². The fourth-order valence-electron chi connectivity index (χ4n) is 3.88. The topological polar surface area (TPSA) is 29.3 Å². The first-order valence-electron chi connectivity index (χ1n) is 7.57. The molecular weight excluding hydrogens is 208 g/mol. The summed E-state index contributed by atoms with van der Waals surface area (Å²) in [6.45, 7) is 9.55. The molecule has 0 radical (unpaired) electrons. The van der Waals surface area contributed by atoms with E-state index in [0.717, 1.165) is 30.3 Å². The predicted molar refractivity (Wildman–Crippen MR) is 73.9 cm³/mol. The molecule has 17 heavy (non-hydrogen) atoms. The van der Waals surface area contributed by atoms with Crippen molar-refractivity contribution in [2.24, 2.45) is 23.5 Å². The lowest BCUT2D eigenvalue weighted by Gasteiger charge is -2.42. The van der Waals surface area contributed by atoms with E-state index < -0.39 is 0 Å². The van der Waals surface area contributed by atoms with Crippen LogP contribution in [0.4, 0.5) is 0 Å². The predicted octanol–water partition coefficient (Wildman–Crippen LogP) is 2.87. The molecule has 4 atom stereocenters. The molecule has 2 heteroatoms. The molecule has 2 aliphatic rings. The number of hydrogen-bond acceptors (Lipinski definition) is 2. The Morgan fingerprint density at radius 3 is 2.47 bits per heavy atom. The third-order valence-electron chi connectivity index (χ3n) is 5.17. The molecule has 1 saturated carbocycles. The molecule has 100 valence electrons. The monoisotopic (exact) mass is 238 g/mol. The summed E-state index contributed by atoms with van der Waals surface area (Å²) in [5, 5.41) is 0. The van der Waals surface area contributed by atoms with E-state index in [2.05, 4.69) is 25.7 Å². The molecule has 1 aliphatic carbocycles. The number of nitrogens with two attached hydrogens (primary N) is 1. The van der Waals surface area contributed by atoms with Gasteiger partial charge in [0.2, 0.25) is 0 Å². The summed E-state index contributed by atoms with van der Waals surface area (Å²) in [5.41, 5.74) is 6.42. The maximum atomic E-state index is 6.42. The normalized spacial score (nSPS) is 38.5. The zero-order chi connectivity index (χ0) is 12.4. The molecule has 2 rings (SSSR count). The molecule has 4 unspecified atom stereocenters. The fraction of sp³-hybridized carbons (Fsp3) is 1.00. The average Bonchev–Trinajstić information content (AvgIpc) is 2.78. The second-order valence-electron chi connectivity index (χ2n) is 6.72. The highest BCUT2D eigenvalue weighted by Crippen LogP contribution is 2.30.